The highest BCUT2D eigenvalue weighted by Gasteiger charge is 2.21. The van der Waals surface area contributed by atoms with Crippen molar-refractivity contribution in [3.05, 3.63) is 21.9 Å². The molecule has 0 spiro atoms. The Labute approximate surface area is 105 Å². The number of nitrogens with one attached hydrogen (secondary N) is 1. The van der Waals surface area contributed by atoms with Crippen molar-refractivity contribution in [3.8, 4) is 0 Å². The van der Waals surface area contributed by atoms with Crippen LogP contribution < -0.4 is 5.32 Å². The van der Waals surface area contributed by atoms with E-state index in [1.807, 2.05) is 0 Å². The van der Waals surface area contributed by atoms with Crippen molar-refractivity contribution in [2.75, 3.05) is 6.61 Å². The molecule has 0 radical (unpaired) electrons. The molecule has 1 atom stereocenters. The summed E-state index contributed by atoms with van der Waals surface area (Å²) in [7, 11) is 0. The third-order valence-electron chi connectivity index (χ3n) is 1.75. The average molecular weight is 280 g/mol. The summed E-state index contributed by atoms with van der Waals surface area (Å²) < 4.78 is 0. The summed E-state index contributed by atoms with van der Waals surface area (Å²) in [4.78, 5) is 22.2. The van der Waals surface area contributed by atoms with Gasteiger partial charge in [-0.3, -0.25) is 4.79 Å². The van der Waals surface area contributed by atoms with E-state index in [4.69, 9.17) is 33.4 Å². The van der Waals surface area contributed by atoms with E-state index in [-0.39, 0.29) is 15.9 Å². The van der Waals surface area contributed by atoms with Crippen LogP contribution in [0.2, 0.25) is 10.3 Å². The second kappa shape index (κ2) is 5.76. The molecule has 92 valence electrons. The van der Waals surface area contributed by atoms with Crippen LogP contribution in [0, 0.1) is 0 Å². The lowest BCUT2D eigenvalue weighted by atomic mass is 10.2. The first-order valence-corrected chi connectivity index (χ1v) is 5.04. The number of carboxylic acids is 1. The van der Waals surface area contributed by atoms with Crippen molar-refractivity contribution in [2.45, 2.75) is 6.04 Å². The number of amides is 1. The van der Waals surface area contributed by atoms with E-state index in [0.29, 0.717) is 0 Å². The summed E-state index contributed by atoms with van der Waals surface area (Å²) in [6.45, 7) is -0.745. The maximum atomic E-state index is 11.6. The van der Waals surface area contributed by atoms with Gasteiger partial charge < -0.3 is 15.5 Å². The number of aliphatic hydroxyl groups excluding tert-OH is 1. The SMILES string of the molecule is O=C(N[C@@H](CO)C(=O)O)c1cc(Cl)nnc1Cl. The molecule has 0 unspecified atom stereocenters. The van der Waals surface area contributed by atoms with Gasteiger partial charge in [-0.1, -0.05) is 23.2 Å². The zero-order valence-electron chi connectivity index (χ0n) is 8.22. The Balaban J connectivity index is 2.89. The van der Waals surface area contributed by atoms with Crippen molar-refractivity contribution < 1.29 is 19.8 Å². The van der Waals surface area contributed by atoms with Gasteiger partial charge in [-0.2, -0.15) is 0 Å². The van der Waals surface area contributed by atoms with Gasteiger partial charge in [0.1, 0.15) is 0 Å². The lowest BCUT2D eigenvalue weighted by Gasteiger charge is -2.11. The van der Waals surface area contributed by atoms with E-state index in [1.54, 1.807) is 0 Å². The maximum absolute atomic E-state index is 11.6. The van der Waals surface area contributed by atoms with Crippen molar-refractivity contribution in [3.63, 3.8) is 0 Å². The van der Waals surface area contributed by atoms with Crippen LogP contribution in [-0.2, 0) is 4.79 Å². The van der Waals surface area contributed by atoms with Crippen molar-refractivity contribution >= 4 is 35.1 Å². The molecule has 1 aromatic rings. The molecule has 0 aliphatic heterocycles. The third-order valence-corrected chi connectivity index (χ3v) is 2.21. The zero-order valence-corrected chi connectivity index (χ0v) is 9.73. The second-order valence-electron chi connectivity index (χ2n) is 2.92. The van der Waals surface area contributed by atoms with Gasteiger partial charge in [0.25, 0.3) is 5.91 Å². The van der Waals surface area contributed by atoms with Gasteiger partial charge in [0.2, 0.25) is 0 Å². The van der Waals surface area contributed by atoms with Crippen LogP contribution in [0.25, 0.3) is 0 Å². The van der Waals surface area contributed by atoms with E-state index in [9.17, 15) is 9.59 Å². The fourth-order valence-corrected chi connectivity index (χ4v) is 1.26. The summed E-state index contributed by atoms with van der Waals surface area (Å²) >= 11 is 11.1. The van der Waals surface area contributed by atoms with Gasteiger partial charge in [-0.25, -0.2) is 4.79 Å². The van der Waals surface area contributed by atoms with Crippen LogP contribution in [-0.4, -0.2) is 44.9 Å². The summed E-state index contributed by atoms with van der Waals surface area (Å²) in [6, 6.07) is -0.284. The van der Waals surface area contributed by atoms with Crippen LogP contribution in [0.4, 0.5) is 0 Å². The molecule has 0 aliphatic carbocycles. The second-order valence-corrected chi connectivity index (χ2v) is 3.66. The van der Waals surface area contributed by atoms with E-state index in [2.05, 4.69) is 15.5 Å². The molecule has 0 saturated carbocycles. The molecule has 1 rings (SSSR count). The number of hydrogen-bond acceptors (Lipinski definition) is 5. The van der Waals surface area contributed by atoms with Crippen molar-refractivity contribution in [2.24, 2.45) is 0 Å². The number of nitrogens with zero attached hydrogens (tertiary/aromatic N) is 2. The lowest BCUT2D eigenvalue weighted by molar-refractivity contribution is -0.140. The van der Waals surface area contributed by atoms with Gasteiger partial charge in [-0.15, -0.1) is 10.2 Å². The fourth-order valence-electron chi connectivity index (χ4n) is 0.934. The Bertz CT molecular complexity index is 454. The summed E-state index contributed by atoms with van der Waals surface area (Å²) in [6.07, 6.45) is 0. The topological polar surface area (TPSA) is 112 Å². The Morgan fingerprint density at radius 1 is 1.41 bits per heavy atom. The Kier molecular flexibility index (Phi) is 4.62. The molecule has 1 aromatic heterocycles. The molecule has 1 heterocycles. The number of aromatic nitrogens is 2. The predicted molar refractivity (Wildman–Crippen MR) is 58.0 cm³/mol. The normalized spacial score (nSPS) is 11.9. The van der Waals surface area contributed by atoms with E-state index >= 15 is 0 Å². The highest BCUT2D eigenvalue weighted by atomic mass is 35.5. The van der Waals surface area contributed by atoms with Crippen LogP contribution >= 0.6 is 23.2 Å². The van der Waals surface area contributed by atoms with Gasteiger partial charge in [0.05, 0.1) is 12.2 Å². The molecule has 0 fully saturated rings. The molecule has 0 saturated heterocycles. The van der Waals surface area contributed by atoms with E-state index < -0.39 is 24.5 Å². The molecule has 0 aliphatic rings. The number of hydrogen-bond donors (Lipinski definition) is 3. The van der Waals surface area contributed by atoms with Crippen molar-refractivity contribution in [1.82, 2.24) is 15.5 Å². The molecular weight excluding hydrogens is 273 g/mol. The van der Waals surface area contributed by atoms with Crippen LogP contribution in [0.15, 0.2) is 6.07 Å². The predicted octanol–water partition coefficient (Wildman–Crippen LogP) is -0.0413. The van der Waals surface area contributed by atoms with E-state index in [0.717, 1.165) is 6.07 Å². The van der Waals surface area contributed by atoms with Gasteiger partial charge in [-0.05, 0) is 6.07 Å². The standard InChI is InChI=1S/C8H7Cl2N3O4/c9-5-1-3(6(10)13-12-5)7(15)11-4(2-14)8(16)17/h1,4,14H,2H2,(H,11,15)(H,16,17)/t4-/m0/s1. The maximum Gasteiger partial charge on any atom is 0.328 e. The number of carbonyl (C=O) groups excluding carboxylic acids is 1. The fraction of sp³-hybridized carbons (Fsp3) is 0.250. The number of carbonyl (C=O) groups is 2. The third kappa shape index (κ3) is 3.52. The number of rotatable bonds is 4. The summed E-state index contributed by atoms with van der Waals surface area (Å²) in [5.74, 6) is -2.18. The quantitative estimate of drug-likeness (QED) is 0.713. The molecule has 17 heavy (non-hydrogen) atoms. The van der Waals surface area contributed by atoms with Crippen LogP contribution in [0.5, 0.6) is 0 Å². The highest BCUT2D eigenvalue weighted by Crippen LogP contribution is 2.15. The molecule has 3 N–H and O–H groups in total. The molecular formula is C8H7Cl2N3O4. The molecule has 9 heteroatoms. The number of carboxylic acid groups (broad SMARTS) is 1. The highest BCUT2D eigenvalue weighted by molar-refractivity contribution is 6.34. The van der Waals surface area contributed by atoms with E-state index in [1.165, 1.54) is 0 Å². The summed E-state index contributed by atoms with van der Waals surface area (Å²) in [5, 5.41) is 25.9. The molecule has 0 bridgehead atoms. The first kappa shape index (κ1) is 13.6. The van der Waals surface area contributed by atoms with Gasteiger partial charge >= 0.3 is 5.97 Å². The minimum Gasteiger partial charge on any atom is -0.480 e. The van der Waals surface area contributed by atoms with Gasteiger partial charge in [0.15, 0.2) is 16.3 Å². The van der Waals surface area contributed by atoms with Crippen molar-refractivity contribution in [1.29, 1.82) is 0 Å². The first-order valence-electron chi connectivity index (χ1n) is 4.29. The zero-order chi connectivity index (χ0) is 13.0. The van der Waals surface area contributed by atoms with Gasteiger partial charge in [0, 0.05) is 0 Å². The minimum atomic E-state index is -1.43. The molecule has 0 aromatic carbocycles. The number of aliphatic carboxylic acids is 1. The Hall–Kier alpha value is -1.44. The van der Waals surface area contributed by atoms with Crippen LogP contribution in [0.3, 0.4) is 0 Å². The molecule has 1 amide bonds. The minimum absolute atomic E-state index is 0.0598. The first-order chi connectivity index (χ1) is 7.95. The average Bonchev–Trinajstić information content (AvgIpc) is 2.28. The number of aliphatic hydroxyl groups is 1. The summed E-state index contributed by atoms with van der Waals surface area (Å²) in [5.41, 5.74) is -0.119. The Morgan fingerprint density at radius 2 is 2.06 bits per heavy atom. The smallest absolute Gasteiger partial charge is 0.328 e. The molecule has 7 nitrogen and oxygen atoms in total. The van der Waals surface area contributed by atoms with Crippen LogP contribution in [0.1, 0.15) is 10.4 Å². The monoisotopic (exact) mass is 279 g/mol. The number of halogens is 2. The largest absolute Gasteiger partial charge is 0.480 e. The Morgan fingerprint density at radius 3 is 2.59 bits per heavy atom. The lowest BCUT2D eigenvalue weighted by Crippen LogP contribution is -2.43.